The van der Waals surface area contributed by atoms with E-state index in [9.17, 15) is 9.90 Å². The molecule has 1 atom stereocenters. The summed E-state index contributed by atoms with van der Waals surface area (Å²) in [6, 6.07) is 28.0. The van der Waals surface area contributed by atoms with Gasteiger partial charge in [0.05, 0.1) is 6.10 Å². The first kappa shape index (κ1) is 21.8. The Morgan fingerprint density at radius 3 is 2.10 bits per heavy atom. The lowest BCUT2D eigenvalue weighted by atomic mass is 10.0. The number of primary amides is 1. The summed E-state index contributed by atoms with van der Waals surface area (Å²) in [5.41, 5.74) is 9.49. The molecular formula is C26H30N2O2. The lowest BCUT2D eigenvalue weighted by Crippen LogP contribution is -2.34. The number of amides is 1. The molecular weight excluding hydrogens is 372 g/mol. The maximum atomic E-state index is 11.7. The number of nitrogens with zero attached hydrogens (tertiary/aromatic N) is 1. The number of hydrogen-bond acceptors (Lipinski definition) is 3. The molecule has 4 nitrogen and oxygen atoms in total. The molecule has 30 heavy (non-hydrogen) atoms. The molecule has 0 saturated heterocycles. The SMILES string of the molecule is NC(=O)c1ccccc1CCN(Cc1ccccc1)C[C@H](O)CCc1ccccc1. The first-order valence-electron chi connectivity index (χ1n) is 10.5. The average molecular weight is 403 g/mol. The normalized spacial score (nSPS) is 12.1. The van der Waals surface area contributed by atoms with E-state index in [0.717, 1.165) is 25.1 Å². The molecule has 0 aliphatic carbocycles. The molecule has 0 unspecified atom stereocenters. The maximum absolute atomic E-state index is 11.7. The predicted octanol–water partition coefficient (Wildman–Crippen LogP) is 3.82. The average Bonchev–Trinajstić information content (AvgIpc) is 2.77. The summed E-state index contributed by atoms with van der Waals surface area (Å²) in [6.07, 6.45) is 1.86. The first-order chi connectivity index (χ1) is 14.6. The number of carbonyl (C=O) groups is 1. The van der Waals surface area contributed by atoms with Crippen molar-refractivity contribution in [1.29, 1.82) is 0 Å². The number of benzene rings is 3. The summed E-state index contributed by atoms with van der Waals surface area (Å²) in [6.45, 7) is 2.07. The van der Waals surface area contributed by atoms with Gasteiger partial charge in [-0.3, -0.25) is 9.69 Å². The van der Waals surface area contributed by atoms with E-state index < -0.39 is 12.0 Å². The van der Waals surface area contributed by atoms with Crippen LogP contribution in [0.25, 0.3) is 0 Å². The highest BCUT2D eigenvalue weighted by Gasteiger charge is 2.14. The summed E-state index contributed by atoms with van der Waals surface area (Å²) < 4.78 is 0. The minimum Gasteiger partial charge on any atom is -0.392 e. The van der Waals surface area contributed by atoms with Crippen molar-refractivity contribution in [2.45, 2.75) is 31.9 Å². The molecule has 1 amide bonds. The first-order valence-corrected chi connectivity index (χ1v) is 10.5. The molecule has 3 rings (SSSR count). The van der Waals surface area contributed by atoms with Gasteiger partial charge in [0.15, 0.2) is 0 Å². The van der Waals surface area contributed by atoms with Crippen LogP contribution in [0.3, 0.4) is 0 Å². The topological polar surface area (TPSA) is 66.6 Å². The van der Waals surface area contributed by atoms with Crippen LogP contribution in [-0.2, 0) is 19.4 Å². The molecule has 3 aromatic rings. The van der Waals surface area contributed by atoms with Gasteiger partial charge < -0.3 is 10.8 Å². The van der Waals surface area contributed by atoms with Crippen LogP contribution in [0.1, 0.15) is 33.5 Å². The smallest absolute Gasteiger partial charge is 0.248 e. The van der Waals surface area contributed by atoms with Gasteiger partial charge >= 0.3 is 0 Å². The Bertz CT molecular complexity index is 913. The van der Waals surface area contributed by atoms with Crippen molar-refractivity contribution in [3.8, 4) is 0 Å². The van der Waals surface area contributed by atoms with E-state index in [-0.39, 0.29) is 0 Å². The number of carbonyl (C=O) groups excluding carboxylic acids is 1. The van der Waals surface area contributed by atoms with Gasteiger partial charge in [0, 0.05) is 25.2 Å². The number of aliphatic hydroxyl groups excluding tert-OH is 1. The van der Waals surface area contributed by atoms with E-state index in [0.29, 0.717) is 24.9 Å². The second-order valence-corrected chi connectivity index (χ2v) is 7.67. The van der Waals surface area contributed by atoms with E-state index in [1.54, 1.807) is 6.07 Å². The Balaban J connectivity index is 1.63. The van der Waals surface area contributed by atoms with Gasteiger partial charge in [0.2, 0.25) is 5.91 Å². The van der Waals surface area contributed by atoms with Gasteiger partial charge in [-0.1, -0.05) is 78.9 Å². The lowest BCUT2D eigenvalue weighted by Gasteiger charge is -2.25. The minimum absolute atomic E-state index is 0.400. The Kier molecular flexibility index (Phi) is 8.19. The van der Waals surface area contributed by atoms with E-state index in [1.165, 1.54) is 11.1 Å². The number of hydrogen-bond donors (Lipinski definition) is 2. The second-order valence-electron chi connectivity index (χ2n) is 7.67. The molecule has 0 heterocycles. The van der Waals surface area contributed by atoms with E-state index in [4.69, 9.17) is 5.73 Å². The van der Waals surface area contributed by atoms with Crippen molar-refractivity contribution in [3.63, 3.8) is 0 Å². The van der Waals surface area contributed by atoms with Gasteiger partial charge in [0.25, 0.3) is 0 Å². The molecule has 3 aromatic carbocycles. The fourth-order valence-electron chi connectivity index (χ4n) is 3.70. The number of aliphatic hydroxyl groups is 1. The summed E-state index contributed by atoms with van der Waals surface area (Å²) in [7, 11) is 0. The molecule has 0 aliphatic heterocycles. The molecule has 0 spiro atoms. The van der Waals surface area contributed by atoms with Crippen molar-refractivity contribution in [3.05, 3.63) is 107 Å². The van der Waals surface area contributed by atoms with Crippen molar-refractivity contribution < 1.29 is 9.90 Å². The van der Waals surface area contributed by atoms with Crippen LogP contribution in [0.4, 0.5) is 0 Å². The zero-order valence-corrected chi connectivity index (χ0v) is 17.3. The van der Waals surface area contributed by atoms with Crippen LogP contribution >= 0.6 is 0 Å². The maximum Gasteiger partial charge on any atom is 0.248 e. The third-order valence-electron chi connectivity index (χ3n) is 5.31. The van der Waals surface area contributed by atoms with Crippen LogP contribution in [0.5, 0.6) is 0 Å². The summed E-state index contributed by atoms with van der Waals surface area (Å²) >= 11 is 0. The van der Waals surface area contributed by atoms with E-state index >= 15 is 0 Å². The minimum atomic E-state index is -0.416. The summed E-state index contributed by atoms with van der Waals surface area (Å²) in [5.74, 6) is -0.400. The van der Waals surface area contributed by atoms with Crippen LogP contribution < -0.4 is 5.73 Å². The fraction of sp³-hybridized carbons (Fsp3) is 0.269. The third kappa shape index (κ3) is 6.83. The molecule has 0 radical (unpaired) electrons. The molecule has 4 heteroatoms. The van der Waals surface area contributed by atoms with Gasteiger partial charge in [-0.15, -0.1) is 0 Å². The third-order valence-corrected chi connectivity index (χ3v) is 5.31. The van der Waals surface area contributed by atoms with Crippen LogP contribution in [-0.4, -0.2) is 35.1 Å². The van der Waals surface area contributed by atoms with Gasteiger partial charge in [-0.05, 0) is 42.0 Å². The molecule has 156 valence electrons. The van der Waals surface area contributed by atoms with E-state index in [2.05, 4.69) is 29.2 Å². The highest BCUT2D eigenvalue weighted by Crippen LogP contribution is 2.13. The zero-order chi connectivity index (χ0) is 21.2. The van der Waals surface area contributed by atoms with E-state index in [1.807, 2.05) is 54.6 Å². The van der Waals surface area contributed by atoms with Crippen LogP contribution in [0.2, 0.25) is 0 Å². The standard InChI is InChI=1S/C26H30N2O2/c27-26(30)25-14-8-7-13-23(25)17-18-28(19-22-11-5-2-6-12-22)20-24(29)16-15-21-9-3-1-4-10-21/h1-14,24,29H,15-20H2,(H2,27,30)/t24-/m1/s1. The quantitative estimate of drug-likeness (QED) is 0.512. The number of nitrogens with two attached hydrogens (primary N) is 1. The molecule has 0 bridgehead atoms. The summed E-state index contributed by atoms with van der Waals surface area (Å²) in [4.78, 5) is 14.0. The van der Waals surface area contributed by atoms with Crippen molar-refractivity contribution in [2.24, 2.45) is 5.73 Å². The van der Waals surface area contributed by atoms with Crippen LogP contribution in [0.15, 0.2) is 84.9 Å². The number of aryl methyl sites for hydroxylation is 1. The molecule has 0 saturated carbocycles. The fourth-order valence-corrected chi connectivity index (χ4v) is 3.70. The van der Waals surface area contributed by atoms with Crippen molar-refractivity contribution >= 4 is 5.91 Å². The lowest BCUT2D eigenvalue weighted by molar-refractivity contribution is 0.0989. The monoisotopic (exact) mass is 402 g/mol. The Labute approximate surface area is 179 Å². The Morgan fingerprint density at radius 2 is 1.43 bits per heavy atom. The van der Waals surface area contributed by atoms with Crippen molar-refractivity contribution in [1.82, 2.24) is 4.90 Å². The molecule has 0 aromatic heterocycles. The molecule has 0 aliphatic rings. The van der Waals surface area contributed by atoms with Gasteiger partial charge in [-0.25, -0.2) is 0 Å². The molecule has 0 fully saturated rings. The predicted molar refractivity (Wildman–Crippen MR) is 121 cm³/mol. The zero-order valence-electron chi connectivity index (χ0n) is 17.3. The Hall–Kier alpha value is -2.95. The highest BCUT2D eigenvalue weighted by atomic mass is 16.3. The van der Waals surface area contributed by atoms with Gasteiger partial charge in [0.1, 0.15) is 0 Å². The second kappa shape index (κ2) is 11.3. The Morgan fingerprint density at radius 1 is 0.833 bits per heavy atom. The summed E-state index contributed by atoms with van der Waals surface area (Å²) in [5, 5.41) is 10.7. The number of rotatable bonds is 11. The van der Waals surface area contributed by atoms with Crippen molar-refractivity contribution in [2.75, 3.05) is 13.1 Å². The van der Waals surface area contributed by atoms with Crippen LogP contribution in [0, 0.1) is 0 Å². The highest BCUT2D eigenvalue weighted by molar-refractivity contribution is 5.94. The largest absolute Gasteiger partial charge is 0.392 e. The van der Waals surface area contributed by atoms with Gasteiger partial charge in [-0.2, -0.15) is 0 Å². The molecule has 3 N–H and O–H groups in total.